The number of aliphatic hydroxyl groups is 1. The molecule has 0 aromatic carbocycles. The Morgan fingerprint density at radius 1 is 1.42 bits per heavy atom. The molecular weight excluding hydrogens is 563 g/mol. The van der Waals surface area contributed by atoms with E-state index in [4.69, 9.17) is 30.0 Å². The SMILES string of the molecule is C=C(C)[C@@H]1CC[C@]2(C)SP(=S)(O[C@H]3[C@@H](O)[C@H](n4ccc(=O)[nH]c4=O)O[C@@H]3CO[Si](C)(C)C(C)(C)C)O[C@H]2C1. The van der Waals surface area contributed by atoms with Crippen molar-refractivity contribution < 1.29 is 23.3 Å². The van der Waals surface area contributed by atoms with Crippen LogP contribution in [0.25, 0.3) is 0 Å². The first-order valence-electron chi connectivity index (χ1n) is 13.1. The van der Waals surface area contributed by atoms with Gasteiger partial charge in [-0.1, -0.05) is 44.3 Å². The van der Waals surface area contributed by atoms with Crippen LogP contribution in [0.2, 0.25) is 18.1 Å². The molecule has 3 aliphatic rings. The Balaban J connectivity index is 1.59. The highest BCUT2D eigenvalue weighted by Crippen LogP contribution is 2.76. The maximum Gasteiger partial charge on any atom is 0.330 e. The van der Waals surface area contributed by atoms with Crippen molar-refractivity contribution in [3.05, 3.63) is 45.3 Å². The van der Waals surface area contributed by atoms with Crippen molar-refractivity contribution in [2.24, 2.45) is 5.92 Å². The monoisotopic (exact) mass is 604 g/mol. The molecule has 9 nitrogen and oxygen atoms in total. The highest BCUT2D eigenvalue weighted by Gasteiger charge is 2.56. The van der Waals surface area contributed by atoms with Crippen LogP contribution >= 0.6 is 17.1 Å². The Morgan fingerprint density at radius 2 is 2.11 bits per heavy atom. The number of aromatic nitrogens is 2. The third-order valence-corrected chi connectivity index (χ3v) is 18.8. The third kappa shape index (κ3) is 6.04. The average Bonchev–Trinajstić information content (AvgIpc) is 3.23. The maximum atomic E-state index is 12.5. The van der Waals surface area contributed by atoms with Crippen LogP contribution in [-0.2, 0) is 30.0 Å². The second-order valence-electron chi connectivity index (χ2n) is 12.5. The highest BCUT2D eigenvalue weighted by molar-refractivity contribution is 8.68. The molecule has 1 saturated carbocycles. The molecule has 4 rings (SSSR count). The van der Waals surface area contributed by atoms with Crippen molar-refractivity contribution >= 4 is 37.2 Å². The normalized spacial score (nSPS) is 37.8. The second kappa shape index (κ2) is 10.7. The molecule has 3 heterocycles. The minimum Gasteiger partial charge on any atom is -0.414 e. The van der Waals surface area contributed by atoms with E-state index in [1.54, 1.807) is 11.4 Å². The van der Waals surface area contributed by atoms with E-state index in [0.29, 0.717) is 5.92 Å². The van der Waals surface area contributed by atoms with E-state index in [1.165, 1.54) is 16.8 Å². The lowest BCUT2D eigenvalue weighted by molar-refractivity contribution is -0.0527. The van der Waals surface area contributed by atoms with Gasteiger partial charge in [-0.25, -0.2) is 4.79 Å². The first kappa shape index (κ1) is 30.4. The van der Waals surface area contributed by atoms with Gasteiger partial charge in [0.2, 0.25) is 5.69 Å². The van der Waals surface area contributed by atoms with Gasteiger partial charge in [0.1, 0.15) is 18.3 Å². The minimum atomic E-state index is -2.87. The highest BCUT2D eigenvalue weighted by atomic mass is 32.9. The van der Waals surface area contributed by atoms with Crippen LogP contribution < -0.4 is 11.2 Å². The fourth-order valence-electron chi connectivity index (χ4n) is 4.93. The van der Waals surface area contributed by atoms with Crippen molar-refractivity contribution in [3.63, 3.8) is 0 Å². The number of nitrogens with one attached hydrogen (secondary N) is 1. The number of allylic oxidation sites excluding steroid dienone is 1. The van der Waals surface area contributed by atoms with Gasteiger partial charge in [-0.2, -0.15) is 0 Å². The average molecular weight is 605 g/mol. The van der Waals surface area contributed by atoms with Gasteiger partial charge < -0.3 is 23.3 Å². The number of ether oxygens (including phenoxy) is 1. The van der Waals surface area contributed by atoms with Crippen LogP contribution in [0.15, 0.2) is 34.0 Å². The van der Waals surface area contributed by atoms with Crippen molar-refractivity contribution in [2.75, 3.05) is 6.61 Å². The summed E-state index contributed by atoms with van der Waals surface area (Å²) in [4.78, 5) is 26.4. The molecule has 1 aliphatic carbocycles. The van der Waals surface area contributed by atoms with Gasteiger partial charge in [-0.05, 0) is 69.0 Å². The van der Waals surface area contributed by atoms with Crippen molar-refractivity contribution in [3.8, 4) is 0 Å². The van der Waals surface area contributed by atoms with Crippen LogP contribution in [0.4, 0.5) is 0 Å². The van der Waals surface area contributed by atoms with Crippen LogP contribution in [0.5, 0.6) is 0 Å². The zero-order chi connectivity index (χ0) is 28.3. The zero-order valence-corrected chi connectivity index (χ0v) is 26.8. The summed E-state index contributed by atoms with van der Waals surface area (Å²) in [6.45, 7) is 19.3. The summed E-state index contributed by atoms with van der Waals surface area (Å²) in [5.74, 6) is 0.387. The number of hydrogen-bond donors (Lipinski definition) is 2. The van der Waals surface area contributed by atoms with E-state index in [2.05, 4.69) is 59.3 Å². The molecular formula is C25H41N2O7PS2Si. The molecule has 1 unspecified atom stereocenters. The van der Waals surface area contributed by atoms with Gasteiger partial charge in [0.15, 0.2) is 14.5 Å². The van der Waals surface area contributed by atoms with Crippen molar-refractivity contribution in [1.82, 2.24) is 9.55 Å². The van der Waals surface area contributed by atoms with Gasteiger partial charge in [-0.15, -0.1) is 0 Å². The van der Waals surface area contributed by atoms with Gasteiger partial charge in [0.05, 0.1) is 12.7 Å². The fraction of sp³-hybridized carbons (Fsp3) is 0.760. The summed E-state index contributed by atoms with van der Waals surface area (Å²) in [7, 11) is -2.16. The predicted molar refractivity (Wildman–Crippen MR) is 157 cm³/mol. The van der Waals surface area contributed by atoms with E-state index in [1.807, 2.05) is 0 Å². The Labute approximate surface area is 234 Å². The minimum absolute atomic E-state index is 0.0312. The van der Waals surface area contributed by atoms with Crippen molar-refractivity contribution in [1.29, 1.82) is 0 Å². The molecule has 0 spiro atoms. The number of aromatic amines is 1. The summed E-state index contributed by atoms with van der Waals surface area (Å²) in [6, 6.07) is 1.22. The third-order valence-electron chi connectivity index (χ3n) is 8.54. The molecule has 1 aromatic heterocycles. The molecule has 1 aromatic rings. The smallest absolute Gasteiger partial charge is 0.330 e. The Hall–Kier alpha value is -0.563. The summed E-state index contributed by atoms with van der Waals surface area (Å²) in [6.07, 6.45) is 0.211. The summed E-state index contributed by atoms with van der Waals surface area (Å²) >= 11 is 7.58. The van der Waals surface area contributed by atoms with E-state index in [-0.39, 0.29) is 22.5 Å². The Bertz CT molecular complexity index is 1230. The van der Waals surface area contributed by atoms with Crippen LogP contribution in [-0.4, -0.2) is 58.7 Å². The lowest BCUT2D eigenvalue weighted by atomic mass is 9.77. The topological polar surface area (TPSA) is 112 Å². The summed E-state index contributed by atoms with van der Waals surface area (Å²) in [5.41, 5.74) is -2.92. The van der Waals surface area contributed by atoms with Crippen LogP contribution in [0.1, 0.15) is 60.1 Å². The molecule has 38 heavy (non-hydrogen) atoms. The molecule has 13 heteroatoms. The first-order chi connectivity index (χ1) is 17.4. The number of H-pyrrole nitrogens is 1. The Kier molecular flexibility index (Phi) is 8.55. The number of hydrogen-bond acceptors (Lipinski definition) is 9. The molecule has 0 amide bonds. The standard InChI is InChI=1S/C25H41N2O7PS2Si/c1-15(2)16-9-11-25(6)18(13-16)33-35(36,37-25)34-21-17(14-31-38(7,8)24(3,4)5)32-22(20(21)29)27-12-10-19(28)26-23(27)30/h10,12,16-18,20-22,29H,1,9,11,13-14H2,2-8H3,(H,26,28,30)/t16-,17-,18+,20-,21-,22-,25+,35?/m1/s1. The lowest BCUT2D eigenvalue weighted by Crippen LogP contribution is -2.45. The van der Waals surface area contributed by atoms with E-state index < -0.39 is 49.8 Å². The molecule has 8 atom stereocenters. The first-order valence-corrected chi connectivity index (χ1v) is 20.0. The van der Waals surface area contributed by atoms with Gasteiger partial charge in [0, 0.05) is 17.0 Å². The number of nitrogens with zero attached hydrogens (tertiary/aromatic N) is 1. The molecule has 0 radical (unpaired) electrons. The van der Waals surface area contributed by atoms with E-state index >= 15 is 0 Å². The molecule has 3 fully saturated rings. The number of rotatable bonds is 7. The summed E-state index contributed by atoms with van der Waals surface area (Å²) in [5, 5.41) is 11.4. The Morgan fingerprint density at radius 3 is 2.71 bits per heavy atom. The quantitative estimate of drug-likeness (QED) is 0.260. The second-order valence-corrected chi connectivity index (χ2v) is 23.8. The summed E-state index contributed by atoms with van der Waals surface area (Å²) < 4.78 is 26.7. The molecule has 2 saturated heterocycles. The number of fused-ring (bicyclic) bond motifs is 1. The maximum absolute atomic E-state index is 12.5. The molecule has 214 valence electrons. The predicted octanol–water partition coefficient (Wildman–Crippen LogP) is 4.69. The lowest BCUT2D eigenvalue weighted by Gasteiger charge is -2.37. The molecule has 2 aliphatic heterocycles. The fourth-order valence-corrected chi connectivity index (χ4v) is 13.5. The van der Waals surface area contributed by atoms with Crippen LogP contribution in [0.3, 0.4) is 0 Å². The zero-order valence-electron chi connectivity index (χ0n) is 23.3. The molecule has 0 bridgehead atoms. The van der Waals surface area contributed by atoms with Gasteiger partial charge in [0.25, 0.3) is 5.56 Å². The van der Waals surface area contributed by atoms with Crippen molar-refractivity contribution in [2.45, 2.75) is 107 Å². The number of aliphatic hydroxyl groups excluding tert-OH is 1. The van der Waals surface area contributed by atoms with Crippen LogP contribution in [0, 0.1) is 5.92 Å². The van der Waals surface area contributed by atoms with E-state index in [0.717, 1.165) is 24.8 Å². The van der Waals surface area contributed by atoms with Gasteiger partial charge in [-0.3, -0.25) is 14.3 Å². The largest absolute Gasteiger partial charge is 0.414 e. The molecule has 2 N–H and O–H groups in total. The van der Waals surface area contributed by atoms with Gasteiger partial charge >= 0.3 is 5.69 Å². The van der Waals surface area contributed by atoms with E-state index in [9.17, 15) is 14.7 Å².